The second-order valence-electron chi connectivity index (χ2n) is 2.24. The van der Waals surface area contributed by atoms with Crippen LogP contribution in [0.2, 0.25) is 0 Å². The molecule has 0 aromatic carbocycles. The molecule has 0 aromatic heterocycles. The van der Waals surface area contributed by atoms with E-state index < -0.39 is 0 Å². The standard InChI is InChI=1S/C8H12O/c1-4-8(3,5-2)6-7-9/h1,5,9H,2,6-7H2,3H3. The Bertz CT molecular complexity index is 132. The highest BCUT2D eigenvalue weighted by molar-refractivity contribution is 5.12. The van der Waals surface area contributed by atoms with Gasteiger partial charge in [0.2, 0.25) is 0 Å². The fourth-order valence-electron chi connectivity index (χ4n) is 0.465. The van der Waals surface area contributed by atoms with Crippen LogP contribution in [-0.4, -0.2) is 11.7 Å². The van der Waals surface area contributed by atoms with Crippen molar-refractivity contribution in [2.45, 2.75) is 13.3 Å². The first-order valence-corrected chi connectivity index (χ1v) is 2.91. The zero-order valence-corrected chi connectivity index (χ0v) is 5.72. The zero-order chi connectivity index (χ0) is 7.33. The quantitative estimate of drug-likeness (QED) is 0.442. The van der Waals surface area contributed by atoms with E-state index >= 15 is 0 Å². The van der Waals surface area contributed by atoms with Crippen molar-refractivity contribution < 1.29 is 5.11 Å². The molecule has 0 rings (SSSR count). The molecule has 1 unspecified atom stereocenters. The third-order valence-corrected chi connectivity index (χ3v) is 1.41. The number of allylic oxidation sites excluding steroid dienone is 1. The molecular formula is C8H12O. The Hall–Kier alpha value is -0.740. The van der Waals surface area contributed by atoms with Crippen molar-refractivity contribution in [1.82, 2.24) is 0 Å². The second kappa shape index (κ2) is 3.32. The predicted octanol–water partition coefficient (Wildman–Crippen LogP) is 1.19. The van der Waals surface area contributed by atoms with Gasteiger partial charge in [0.1, 0.15) is 0 Å². The van der Waals surface area contributed by atoms with Crippen LogP contribution in [0.25, 0.3) is 0 Å². The van der Waals surface area contributed by atoms with Gasteiger partial charge in [0, 0.05) is 12.0 Å². The van der Waals surface area contributed by atoms with Crippen LogP contribution in [0, 0.1) is 17.8 Å². The van der Waals surface area contributed by atoms with Gasteiger partial charge in [-0.1, -0.05) is 12.0 Å². The smallest absolute Gasteiger partial charge is 0.0482 e. The summed E-state index contributed by atoms with van der Waals surface area (Å²) in [6.07, 6.45) is 7.45. The molecular weight excluding hydrogens is 112 g/mol. The maximum atomic E-state index is 8.52. The van der Waals surface area contributed by atoms with Crippen LogP contribution in [0.5, 0.6) is 0 Å². The largest absolute Gasteiger partial charge is 0.396 e. The van der Waals surface area contributed by atoms with E-state index in [0.29, 0.717) is 6.42 Å². The normalized spacial score (nSPS) is 15.7. The van der Waals surface area contributed by atoms with Crippen LogP contribution in [0.1, 0.15) is 13.3 Å². The molecule has 1 N–H and O–H groups in total. The molecule has 0 aliphatic heterocycles. The Morgan fingerprint density at radius 2 is 2.44 bits per heavy atom. The molecule has 9 heavy (non-hydrogen) atoms. The first-order valence-electron chi connectivity index (χ1n) is 2.91. The minimum absolute atomic E-state index is 0.118. The van der Waals surface area contributed by atoms with Crippen LogP contribution in [0.3, 0.4) is 0 Å². The highest BCUT2D eigenvalue weighted by Gasteiger charge is 2.14. The molecule has 0 bridgehead atoms. The first-order chi connectivity index (χ1) is 4.18. The van der Waals surface area contributed by atoms with Gasteiger partial charge in [0.05, 0.1) is 0 Å². The highest BCUT2D eigenvalue weighted by Crippen LogP contribution is 2.19. The molecule has 0 aromatic rings. The summed E-state index contributed by atoms with van der Waals surface area (Å²) in [6, 6.07) is 0. The minimum atomic E-state index is -0.325. The molecule has 0 saturated heterocycles. The number of aliphatic hydroxyl groups is 1. The summed E-state index contributed by atoms with van der Waals surface area (Å²) in [4.78, 5) is 0. The van der Waals surface area contributed by atoms with Crippen LogP contribution < -0.4 is 0 Å². The number of hydrogen-bond donors (Lipinski definition) is 1. The summed E-state index contributed by atoms with van der Waals surface area (Å²) in [7, 11) is 0. The Morgan fingerprint density at radius 1 is 1.89 bits per heavy atom. The molecule has 0 radical (unpaired) electrons. The summed E-state index contributed by atoms with van der Waals surface area (Å²) in [5.74, 6) is 2.55. The molecule has 0 saturated carbocycles. The molecule has 1 nitrogen and oxygen atoms in total. The number of hydrogen-bond acceptors (Lipinski definition) is 1. The van der Waals surface area contributed by atoms with Crippen LogP contribution in [0.15, 0.2) is 12.7 Å². The Balaban J connectivity index is 3.96. The Labute approximate surface area is 56.4 Å². The molecule has 0 amide bonds. The maximum absolute atomic E-state index is 8.52. The van der Waals surface area contributed by atoms with Crippen molar-refractivity contribution in [2.24, 2.45) is 5.41 Å². The van der Waals surface area contributed by atoms with E-state index in [-0.39, 0.29) is 12.0 Å². The van der Waals surface area contributed by atoms with Gasteiger partial charge < -0.3 is 5.11 Å². The van der Waals surface area contributed by atoms with E-state index in [2.05, 4.69) is 12.5 Å². The van der Waals surface area contributed by atoms with Gasteiger partial charge in [-0.3, -0.25) is 0 Å². The monoisotopic (exact) mass is 124 g/mol. The predicted molar refractivity (Wildman–Crippen MR) is 38.8 cm³/mol. The lowest BCUT2D eigenvalue weighted by Crippen LogP contribution is -2.11. The van der Waals surface area contributed by atoms with Gasteiger partial charge in [-0.25, -0.2) is 0 Å². The molecule has 0 aliphatic rings. The van der Waals surface area contributed by atoms with Crippen LogP contribution >= 0.6 is 0 Å². The van der Waals surface area contributed by atoms with E-state index in [1.807, 2.05) is 6.92 Å². The van der Waals surface area contributed by atoms with Crippen molar-refractivity contribution in [3.8, 4) is 12.3 Å². The van der Waals surface area contributed by atoms with Gasteiger partial charge in [-0.05, 0) is 13.3 Å². The second-order valence-corrected chi connectivity index (χ2v) is 2.24. The van der Waals surface area contributed by atoms with Gasteiger partial charge in [-0.15, -0.1) is 13.0 Å². The molecule has 0 heterocycles. The molecule has 0 aliphatic carbocycles. The average Bonchev–Trinajstić information content (AvgIpc) is 1.89. The van der Waals surface area contributed by atoms with E-state index in [1.165, 1.54) is 0 Å². The number of rotatable bonds is 3. The summed E-state index contributed by atoms with van der Waals surface area (Å²) in [5.41, 5.74) is -0.325. The van der Waals surface area contributed by atoms with Crippen molar-refractivity contribution >= 4 is 0 Å². The summed E-state index contributed by atoms with van der Waals surface area (Å²) in [5, 5.41) is 8.52. The lowest BCUT2D eigenvalue weighted by molar-refractivity contribution is 0.257. The fourth-order valence-corrected chi connectivity index (χ4v) is 0.465. The summed E-state index contributed by atoms with van der Waals surface area (Å²) >= 11 is 0. The van der Waals surface area contributed by atoms with Crippen molar-refractivity contribution in [3.63, 3.8) is 0 Å². The van der Waals surface area contributed by atoms with Crippen LogP contribution in [0.4, 0.5) is 0 Å². The molecule has 1 heteroatoms. The van der Waals surface area contributed by atoms with E-state index in [1.54, 1.807) is 6.08 Å². The van der Waals surface area contributed by atoms with Crippen molar-refractivity contribution in [1.29, 1.82) is 0 Å². The van der Waals surface area contributed by atoms with Crippen molar-refractivity contribution in [3.05, 3.63) is 12.7 Å². The molecule has 0 fully saturated rings. The van der Waals surface area contributed by atoms with E-state index in [4.69, 9.17) is 11.5 Å². The van der Waals surface area contributed by atoms with Crippen LogP contribution in [-0.2, 0) is 0 Å². The highest BCUT2D eigenvalue weighted by atomic mass is 16.3. The fraction of sp³-hybridized carbons (Fsp3) is 0.500. The third kappa shape index (κ3) is 2.34. The Kier molecular flexibility index (Phi) is 3.05. The van der Waals surface area contributed by atoms with Gasteiger partial charge in [-0.2, -0.15) is 0 Å². The van der Waals surface area contributed by atoms with Gasteiger partial charge in [0.25, 0.3) is 0 Å². The first kappa shape index (κ1) is 8.26. The van der Waals surface area contributed by atoms with E-state index in [0.717, 1.165) is 0 Å². The summed E-state index contributed by atoms with van der Waals surface area (Å²) in [6.45, 7) is 5.56. The maximum Gasteiger partial charge on any atom is 0.0482 e. The van der Waals surface area contributed by atoms with Gasteiger partial charge in [0.15, 0.2) is 0 Å². The topological polar surface area (TPSA) is 20.2 Å². The minimum Gasteiger partial charge on any atom is -0.396 e. The molecule has 50 valence electrons. The Morgan fingerprint density at radius 3 is 2.56 bits per heavy atom. The summed E-state index contributed by atoms with van der Waals surface area (Å²) < 4.78 is 0. The molecule has 1 atom stereocenters. The average molecular weight is 124 g/mol. The molecule has 0 spiro atoms. The SMILES string of the molecule is C#CC(C)(C=C)CCO. The zero-order valence-electron chi connectivity index (χ0n) is 5.72. The third-order valence-electron chi connectivity index (χ3n) is 1.41. The lowest BCUT2D eigenvalue weighted by Gasteiger charge is -2.15. The number of terminal acetylenes is 1. The van der Waals surface area contributed by atoms with E-state index in [9.17, 15) is 0 Å². The number of aliphatic hydroxyl groups excluding tert-OH is 1. The van der Waals surface area contributed by atoms with Crippen molar-refractivity contribution in [2.75, 3.05) is 6.61 Å². The lowest BCUT2D eigenvalue weighted by atomic mass is 9.89. The van der Waals surface area contributed by atoms with Gasteiger partial charge >= 0.3 is 0 Å².